The van der Waals surface area contributed by atoms with Gasteiger partial charge in [-0.05, 0) is 54.7 Å². The molecule has 3 aromatic carbocycles. The third-order valence-electron chi connectivity index (χ3n) is 6.14. The van der Waals surface area contributed by atoms with Crippen LogP contribution in [0.2, 0.25) is 0 Å². The Morgan fingerprint density at radius 1 is 0.912 bits per heavy atom. The highest BCUT2D eigenvalue weighted by Crippen LogP contribution is 2.18. The first-order chi connectivity index (χ1) is 16.4. The van der Waals surface area contributed by atoms with Gasteiger partial charge in [-0.3, -0.25) is 9.59 Å². The van der Waals surface area contributed by atoms with E-state index in [2.05, 4.69) is 5.32 Å². The Hall–Kier alpha value is -3.47. The minimum atomic E-state index is -0.696. The molecule has 0 spiro atoms. The molecule has 0 aliphatic heterocycles. The van der Waals surface area contributed by atoms with Crippen LogP contribution in [0.5, 0.6) is 0 Å². The second-order valence-electron chi connectivity index (χ2n) is 8.77. The highest BCUT2D eigenvalue weighted by atomic mass is 19.1. The Labute approximate surface area is 201 Å². The molecule has 5 heteroatoms. The van der Waals surface area contributed by atoms with Crippen molar-refractivity contribution in [2.75, 3.05) is 0 Å². The van der Waals surface area contributed by atoms with Gasteiger partial charge in [0.2, 0.25) is 11.8 Å². The van der Waals surface area contributed by atoms with E-state index >= 15 is 0 Å². The van der Waals surface area contributed by atoms with Gasteiger partial charge in [-0.15, -0.1) is 0 Å². The summed E-state index contributed by atoms with van der Waals surface area (Å²) >= 11 is 0. The van der Waals surface area contributed by atoms with Gasteiger partial charge in [0.05, 0.1) is 6.42 Å². The number of halogens is 1. The number of hydrogen-bond acceptors (Lipinski definition) is 2. The third-order valence-corrected chi connectivity index (χ3v) is 6.14. The maximum absolute atomic E-state index is 13.7. The summed E-state index contributed by atoms with van der Waals surface area (Å²) < 4.78 is 13.5. The zero-order valence-corrected chi connectivity index (χ0v) is 20.1. The van der Waals surface area contributed by atoms with E-state index in [1.165, 1.54) is 12.1 Å². The molecule has 0 aromatic heterocycles. The maximum Gasteiger partial charge on any atom is 0.243 e. The number of benzene rings is 3. The van der Waals surface area contributed by atoms with Crippen LogP contribution in [0, 0.1) is 12.7 Å². The van der Waals surface area contributed by atoms with Gasteiger partial charge in [-0.2, -0.15) is 0 Å². The molecule has 3 aromatic rings. The molecule has 0 bridgehead atoms. The Bertz CT molecular complexity index is 1080. The molecule has 0 saturated carbocycles. The molecule has 2 amide bonds. The van der Waals surface area contributed by atoms with Crippen LogP contribution in [0.25, 0.3) is 0 Å². The molecule has 0 radical (unpaired) electrons. The van der Waals surface area contributed by atoms with Crippen molar-refractivity contribution in [3.63, 3.8) is 0 Å². The van der Waals surface area contributed by atoms with Gasteiger partial charge in [0.1, 0.15) is 11.9 Å². The van der Waals surface area contributed by atoms with Crippen LogP contribution < -0.4 is 5.32 Å². The van der Waals surface area contributed by atoms with E-state index in [0.717, 1.165) is 28.7 Å². The minimum Gasteiger partial charge on any atom is -0.352 e. The van der Waals surface area contributed by atoms with Crippen molar-refractivity contribution in [2.24, 2.45) is 0 Å². The first kappa shape index (κ1) is 25.2. The number of nitrogens with zero attached hydrogens (tertiary/aromatic N) is 1. The van der Waals surface area contributed by atoms with E-state index in [-0.39, 0.29) is 36.6 Å². The fourth-order valence-corrected chi connectivity index (χ4v) is 3.85. The van der Waals surface area contributed by atoms with Gasteiger partial charge in [0.25, 0.3) is 0 Å². The smallest absolute Gasteiger partial charge is 0.243 e. The molecular formula is C29H33FN2O2. The number of hydrogen-bond donors (Lipinski definition) is 1. The first-order valence-electron chi connectivity index (χ1n) is 11.8. The largest absolute Gasteiger partial charge is 0.352 e. The minimum absolute atomic E-state index is 0.00934. The van der Waals surface area contributed by atoms with Crippen LogP contribution in [-0.4, -0.2) is 28.8 Å². The van der Waals surface area contributed by atoms with Crippen LogP contribution in [-0.2, 0) is 29.0 Å². The predicted octanol–water partition coefficient (Wildman–Crippen LogP) is 5.23. The van der Waals surface area contributed by atoms with Crippen LogP contribution in [0.3, 0.4) is 0 Å². The summed E-state index contributed by atoms with van der Waals surface area (Å²) in [5.74, 6) is -0.658. The lowest BCUT2D eigenvalue weighted by Crippen LogP contribution is -2.52. The molecule has 2 unspecified atom stereocenters. The van der Waals surface area contributed by atoms with Crippen molar-refractivity contribution >= 4 is 11.8 Å². The van der Waals surface area contributed by atoms with Crippen molar-refractivity contribution in [3.05, 3.63) is 107 Å². The van der Waals surface area contributed by atoms with Crippen molar-refractivity contribution in [3.8, 4) is 0 Å². The third kappa shape index (κ3) is 7.01. The number of rotatable bonds is 10. The summed E-state index contributed by atoms with van der Waals surface area (Å²) in [6, 6.07) is 22.9. The Balaban J connectivity index is 1.97. The quantitative estimate of drug-likeness (QED) is 0.450. The molecule has 0 saturated heterocycles. The van der Waals surface area contributed by atoms with Gasteiger partial charge in [0, 0.05) is 19.0 Å². The SMILES string of the molecule is CCC(C)NC(=O)C(Cc1ccccc1)N(Cc1ccc(F)cc1)C(=O)Cc1ccccc1C. The number of amides is 2. The van der Waals surface area contributed by atoms with E-state index < -0.39 is 6.04 Å². The highest BCUT2D eigenvalue weighted by Gasteiger charge is 2.31. The summed E-state index contributed by atoms with van der Waals surface area (Å²) in [5.41, 5.74) is 3.70. The molecule has 178 valence electrons. The van der Waals surface area contributed by atoms with E-state index in [9.17, 15) is 14.0 Å². The summed E-state index contributed by atoms with van der Waals surface area (Å²) in [4.78, 5) is 28.8. The normalized spacial score (nSPS) is 12.6. The molecule has 2 atom stereocenters. The maximum atomic E-state index is 13.7. The van der Waals surface area contributed by atoms with E-state index in [0.29, 0.717) is 6.42 Å². The second kappa shape index (κ2) is 12.1. The van der Waals surface area contributed by atoms with Crippen molar-refractivity contribution in [1.82, 2.24) is 10.2 Å². The molecule has 0 heterocycles. The second-order valence-corrected chi connectivity index (χ2v) is 8.77. The van der Waals surface area contributed by atoms with E-state index in [1.807, 2.05) is 75.4 Å². The van der Waals surface area contributed by atoms with Crippen molar-refractivity contribution < 1.29 is 14.0 Å². The van der Waals surface area contributed by atoms with E-state index in [1.54, 1.807) is 17.0 Å². The lowest BCUT2D eigenvalue weighted by molar-refractivity contribution is -0.141. The molecule has 3 rings (SSSR count). The van der Waals surface area contributed by atoms with Gasteiger partial charge in [-0.1, -0.05) is 73.7 Å². The van der Waals surface area contributed by atoms with Crippen LogP contribution >= 0.6 is 0 Å². The first-order valence-corrected chi connectivity index (χ1v) is 11.8. The van der Waals surface area contributed by atoms with Crippen LogP contribution in [0.15, 0.2) is 78.9 Å². The molecule has 0 aliphatic carbocycles. The Morgan fingerprint density at radius 3 is 2.21 bits per heavy atom. The fraction of sp³-hybridized carbons (Fsp3) is 0.310. The lowest BCUT2D eigenvalue weighted by atomic mass is 10.00. The molecule has 0 fully saturated rings. The van der Waals surface area contributed by atoms with Gasteiger partial charge >= 0.3 is 0 Å². The Morgan fingerprint density at radius 2 is 1.56 bits per heavy atom. The van der Waals surface area contributed by atoms with Gasteiger partial charge < -0.3 is 10.2 Å². The lowest BCUT2D eigenvalue weighted by Gasteiger charge is -2.32. The average molecular weight is 461 g/mol. The fourth-order valence-electron chi connectivity index (χ4n) is 3.85. The van der Waals surface area contributed by atoms with Gasteiger partial charge in [-0.25, -0.2) is 4.39 Å². The average Bonchev–Trinajstić information content (AvgIpc) is 2.84. The van der Waals surface area contributed by atoms with Crippen LogP contribution in [0.4, 0.5) is 4.39 Å². The number of aryl methyl sites for hydroxylation is 1. The van der Waals surface area contributed by atoms with Crippen LogP contribution in [0.1, 0.15) is 42.5 Å². The molecule has 0 aliphatic rings. The van der Waals surface area contributed by atoms with Crippen molar-refractivity contribution in [1.29, 1.82) is 0 Å². The standard InChI is InChI=1S/C29H33FN2O2/c1-4-22(3)31-29(34)27(18-23-11-6-5-7-12-23)32(20-24-14-16-26(30)17-15-24)28(33)19-25-13-9-8-10-21(25)2/h5-17,22,27H,4,18-20H2,1-3H3,(H,31,34). The number of carbonyl (C=O) groups excluding carboxylic acids is 2. The molecule has 34 heavy (non-hydrogen) atoms. The zero-order valence-electron chi connectivity index (χ0n) is 20.1. The number of nitrogens with one attached hydrogen (secondary N) is 1. The number of carbonyl (C=O) groups is 2. The van der Waals surface area contributed by atoms with E-state index in [4.69, 9.17) is 0 Å². The monoisotopic (exact) mass is 460 g/mol. The highest BCUT2D eigenvalue weighted by molar-refractivity contribution is 5.89. The Kier molecular flexibility index (Phi) is 8.97. The van der Waals surface area contributed by atoms with Gasteiger partial charge in [0.15, 0.2) is 0 Å². The molecule has 1 N–H and O–H groups in total. The summed E-state index contributed by atoms with van der Waals surface area (Å²) in [7, 11) is 0. The predicted molar refractivity (Wildman–Crippen MR) is 134 cm³/mol. The molecule has 4 nitrogen and oxygen atoms in total. The molecular weight excluding hydrogens is 427 g/mol. The summed E-state index contributed by atoms with van der Waals surface area (Å²) in [6.45, 7) is 6.16. The summed E-state index contributed by atoms with van der Waals surface area (Å²) in [5, 5.41) is 3.06. The summed E-state index contributed by atoms with van der Waals surface area (Å²) in [6.07, 6.45) is 1.37. The topological polar surface area (TPSA) is 49.4 Å². The van der Waals surface area contributed by atoms with Crippen molar-refractivity contribution in [2.45, 2.75) is 58.7 Å². The zero-order chi connectivity index (χ0) is 24.5.